The number of hydrogen-bond donors (Lipinski definition) is 2. The van der Waals surface area contributed by atoms with E-state index < -0.39 is 17.5 Å². The molecule has 0 unspecified atom stereocenters. The Bertz CT molecular complexity index is 825. The molecule has 3 aromatic rings. The average molecular weight is 282 g/mol. The second-order valence-electron chi connectivity index (χ2n) is 4.54. The molecule has 0 aliphatic rings. The highest BCUT2D eigenvalue weighted by molar-refractivity contribution is 6.48. The molecule has 0 saturated heterocycles. The summed E-state index contributed by atoms with van der Waals surface area (Å²) in [6, 6.07) is 12.7. The molecule has 0 aliphatic carbocycles. The van der Waals surface area contributed by atoms with E-state index in [4.69, 9.17) is 0 Å². The van der Waals surface area contributed by atoms with Gasteiger partial charge in [0.05, 0.1) is 5.56 Å². The van der Waals surface area contributed by atoms with Gasteiger partial charge in [-0.1, -0.05) is 18.2 Å². The van der Waals surface area contributed by atoms with E-state index in [0.717, 1.165) is 0 Å². The number of rotatable bonds is 3. The number of H-pyrrole nitrogens is 1. The maximum Gasteiger partial charge on any atom is 0.296 e. The van der Waals surface area contributed by atoms with Crippen molar-refractivity contribution in [2.24, 2.45) is 0 Å². The number of aromatic amines is 1. The summed E-state index contributed by atoms with van der Waals surface area (Å²) in [5.74, 6) is -1.81. The van der Waals surface area contributed by atoms with Crippen LogP contribution in [0, 0.1) is 5.82 Å². The van der Waals surface area contributed by atoms with Gasteiger partial charge in [0.25, 0.3) is 11.7 Å². The van der Waals surface area contributed by atoms with Crippen molar-refractivity contribution >= 4 is 28.3 Å². The fourth-order valence-electron chi connectivity index (χ4n) is 2.12. The summed E-state index contributed by atoms with van der Waals surface area (Å²) in [7, 11) is 0. The molecule has 0 spiro atoms. The van der Waals surface area contributed by atoms with E-state index in [0.29, 0.717) is 16.6 Å². The topological polar surface area (TPSA) is 62.0 Å². The maximum absolute atomic E-state index is 13.1. The molecule has 1 heterocycles. The van der Waals surface area contributed by atoms with Gasteiger partial charge in [-0.3, -0.25) is 9.59 Å². The molecule has 5 heteroatoms. The van der Waals surface area contributed by atoms with Crippen LogP contribution >= 0.6 is 0 Å². The third-order valence-corrected chi connectivity index (χ3v) is 3.13. The van der Waals surface area contributed by atoms with Gasteiger partial charge in [-0.2, -0.15) is 0 Å². The molecule has 2 N–H and O–H groups in total. The smallest absolute Gasteiger partial charge is 0.296 e. The molecule has 21 heavy (non-hydrogen) atoms. The van der Waals surface area contributed by atoms with Crippen LogP contribution in [0.5, 0.6) is 0 Å². The van der Waals surface area contributed by atoms with Crippen LogP contribution in [-0.4, -0.2) is 16.7 Å². The highest BCUT2D eigenvalue weighted by Gasteiger charge is 2.20. The van der Waals surface area contributed by atoms with Crippen molar-refractivity contribution in [1.82, 2.24) is 4.98 Å². The summed E-state index contributed by atoms with van der Waals surface area (Å²) in [4.78, 5) is 26.9. The van der Waals surface area contributed by atoms with E-state index in [2.05, 4.69) is 10.3 Å². The fourth-order valence-corrected chi connectivity index (χ4v) is 2.12. The summed E-state index contributed by atoms with van der Waals surface area (Å²) in [6.45, 7) is 0. The van der Waals surface area contributed by atoms with Gasteiger partial charge in [0.15, 0.2) is 0 Å². The number of anilines is 1. The van der Waals surface area contributed by atoms with Crippen LogP contribution in [0.4, 0.5) is 10.1 Å². The summed E-state index contributed by atoms with van der Waals surface area (Å²) in [5.41, 5.74) is 1.24. The van der Waals surface area contributed by atoms with Crippen molar-refractivity contribution in [3.63, 3.8) is 0 Å². The van der Waals surface area contributed by atoms with Gasteiger partial charge in [-0.25, -0.2) is 4.39 Å². The number of ketones is 1. The molecule has 0 aliphatic heterocycles. The lowest BCUT2D eigenvalue weighted by Crippen LogP contribution is -2.22. The largest absolute Gasteiger partial charge is 0.360 e. The monoisotopic (exact) mass is 282 g/mol. The fraction of sp³-hybridized carbons (Fsp3) is 0. The highest BCUT2D eigenvalue weighted by Crippen LogP contribution is 2.20. The molecular weight excluding hydrogens is 271 g/mol. The first kappa shape index (κ1) is 13.1. The predicted octanol–water partition coefficient (Wildman–Crippen LogP) is 3.13. The first-order chi connectivity index (χ1) is 10.1. The van der Waals surface area contributed by atoms with Crippen molar-refractivity contribution in [2.75, 3.05) is 5.32 Å². The van der Waals surface area contributed by atoms with E-state index >= 15 is 0 Å². The normalized spacial score (nSPS) is 10.5. The summed E-state index contributed by atoms with van der Waals surface area (Å²) < 4.78 is 13.1. The molecule has 2 aromatic carbocycles. The van der Waals surface area contributed by atoms with Crippen molar-refractivity contribution in [2.45, 2.75) is 0 Å². The predicted molar refractivity (Wildman–Crippen MR) is 77.7 cm³/mol. The number of aromatic nitrogens is 1. The number of carbonyl (C=O) groups excluding carboxylic acids is 2. The lowest BCUT2D eigenvalue weighted by molar-refractivity contribution is -0.112. The van der Waals surface area contributed by atoms with E-state index in [9.17, 15) is 14.0 Å². The lowest BCUT2D eigenvalue weighted by Gasteiger charge is -2.03. The van der Waals surface area contributed by atoms with Crippen LogP contribution in [0.1, 0.15) is 10.4 Å². The van der Waals surface area contributed by atoms with E-state index in [1.807, 2.05) is 6.07 Å². The molecule has 1 amide bonds. The lowest BCUT2D eigenvalue weighted by atomic mass is 10.1. The first-order valence-corrected chi connectivity index (χ1v) is 6.32. The highest BCUT2D eigenvalue weighted by atomic mass is 19.1. The zero-order valence-electron chi connectivity index (χ0n) is 10.9. The molecule has 0 saturated carbocycles. The molecule has 0 fully saturated rings. The number of nitrogens with one attached hydrogen (secondary N) is 2. The minimum Gasteiger partial charge on any atom is -0.360 e. The summed E-state index contributed by atoms with van der Waals surface area (Å²) >= 11 is 0. The van der Waals surface area contributed by atoms with Crippen LogP contribution in [-0.2, 0) is 4.79 Å². The van der Waals surface area contributed by atoms with Gasteiger partial charge in [-0.05, 0) is 30.3 Å². The zero-order chi connectivity index (χ0) is 14.8. The Morgan fingerprint density at radius 2 is 1.81 bits per heavy atom. The first-order valence-electron chi connectivity index (χ1n) is 6.32. The molecule has 0 atom stereocenters. The zero-order valence-corrected chi connectivity index (χ0v) is 10.9. The Balaban J connectivity index is 1.88. The third kappa shape index (κ3) is 2.53. The van der Waals surface area contributed by atoms with Crippen LogP contribution in [0.25, 0.3) is 10.9 Å². The second kappa shape index (κ2) is 5.20. The Kier molecular flexibility index (Phi) is 3.23. The number of Topliss-reactive ketones (excluding diaryl/α,β-unsaturated/α-hetero) is 1. The number of amides is 1. The van der Waals surface area contributed by atoms with Gasteiger partial charge in [0.2, 0.25) is 0 Å². The maximum atomic E-state index is 13.1. The van der Waals surface area contributed by atoms with Crippen molar-refractivity contribution in [3.05, 3.63) is 66.1 Å². The Labute approximate surface area is 119 Å². The quantitative estimate of drug-likeness (QED) is 0.572. The van der Waals surface area contributed by atoms with Crippen LogP contribution < -0.4 is 5.32 Å². The minimum absolute atomic E-state index is 0.221. The van der Waals surface area contributed by atoms with E-state index in [1.54, 1.807) is 24.3 Å². The molecule has 0 radical (unpaired) electrons. The van der Waals surface area contributed by atoms with Gasteiger partial charge >= 0.3 is 0 Å². The number of fused-ring (bicyclic) bond motifs is 1. The van der Waals surface area contributed by atoms with Crippen molar-refractivity contribution in [1.29, 1.82) is 0 Å². The third-order valence-electron chi connectivity index (χ3n) is 3.13. The van der Waals surface area contributed by atoms with Crippen LogP contribution in [0.3, 0.4) is 0 Å². The van der Waals surface area contributed by atoms with E-state index in [1.165, 1.54) is 24.4 Å². The Morgan fingerprint density at radius 3 is 2.57 bits per heavy atom. The van der Waals surface area contributed by atoms with Crippen LogP contribution in [0.2, 0.25) is 0 Å². The van der Waals surface area contributed by atoms with E-state index in [-0.39, 0.29) is 5.56 Å². The van der Waals surface area contributed by atoms with Gasteiger partial charge < -0.3 is 10.3 Å². The molecular formula is C16H11FN2O2. The average Bonchev–Trinajstić information content (AvgIpc) is 2.90. The van der Waals surface area contributed by atoms with Gasteiger partial charge in [-0.15, -0.1) is 0 Å². The standard InChI is InChI=1S/C16H11FN2O2/c17-10-6-7-12-13(9-18-14(12)8-10)15(20)16(21)19-11-4-2-1-3-5-11/h1-9,18H,(H,19,21). The number of para-hydroxylation sites is 1. The SMILES string of the molecule is O=C(Nc1ccccc1)C(=O)c1c[nH]c2cc(F)ccc12. The number of benzene rings is 2. The van der Waals surface area contributed by atoms with Gasteiger partial charge in [0, 0.05) is 22.8 Å². The molecule has 4 nitrogen and oxygen atoms in total. The van der Waals surface area contributed by atoms with Crippen molar-refractivity contribution in [3.8, 4) is 0 Å². The molecule has 104 valence electrons. The molecule has 3 rings (SSSR count). The number of halogens is 1. The van der Waals surface area contributed by atoms with Gasteiger partial charge in [0.1, 0.15) is 5.82 Å². The number of hydrogen-bond acceptors (Lipinski definition) is 2. The second-order valence-corrected chi connectivity index (χ2v) is 4.54. The molecule has 0 bridgehead atoms. The Hall–Kier alpha value is -2.95. The Morgan fingerprint density at radius 1 is 1.05 bits per heavy atom. The minimum atomic E-state index is -0.730. The summed E-state index contributed by atoms with van der Waals surface area (Å²) in [6.07, 6.45) is 1.41. The van der Waals surface area contributed by atoms with Crippen molar-refractivity contribution < 1.29 is 14.0 Å². The summed E-state index contributed by atoms with van der Waals surface area (Å²) in [5, 5.41) is 3.05. The van der Waals surface area contributed by atoms with Crippen LogP contribution in [0.15, 0.2) is 54.7 Å². The molecule has 1 aromatic heterocycles. The number of carbonyl (C=O) groups is 2.